The molecule has 1 saturated heterocycles. The molecule has 2 aromatic rings. The van der Waals surface area contributed by atoms with Crippen LogP contribution < -0.4 is 10.6 Å². The maximum absolute atomic E-state index is 5.75. The lowest BCUT2D eigenvalue weighted by Crippen LogP contribution is -2.44. The standard InChI is InChI=1S/C23H34N4O2/c1-3-24-23(25-16-19-9-7-10-20(15-19)18-28-2)26-17-21(22-11-8-14-29-22)27-12-5-4-6-13-27/h7-11,14-15,21H,3-6,12-13,16-18H2,1-2H3,(H2,24,25,26). The van der Waals surface area contributed by atoms with Crippen molar-refractivity contribution in [2.24, 2.45) is 4.99 Å². The predicted molar refractivity (Wildman–Crippen MR) is 117 cm³/mol. The van der Waals surface area contributed by atoms with Crippen LogP contribution in [0.5, 0.6) is 0 Å². The summed E-state index contributed by atoms with van der Waals surface area (Å²) in [6.45, 7) is 7.16. The quantitative estimate of drug-likeness (QED) is 0.498. The van der Waals surface area contributed by atoms with Crippen molar-refractivity contribution >= 4 is 5.96 Å². The number of hydrogen-bond donors (Lipinski definition) is 2. The zero-order valence-corrected chi connectivity index (χ0v) is 17.7. The van der Waals surface area contributed by atoms with E-state index in [-0.39, 0.29) is 6.04 Å². The fourth-order valence-corrected chi connectivity index (χ4v) is 3.81. The highest BCUT2D eigenvalue weighted by Gasteiger charge is 2.24. The number of hydrogen-bond acceptors (Lipinski definition) is 4. The molecular weight excluding hydrogens is 364 g/mol. The molecule has 1 atom stereocenters. The molecule has 1 aromatic heterocycles. The molecule has 0 bridgehead atoms. The van der Waals surface area contributed by atoms with E-state index in [1.807, 2.05) is 6.07 Å². The number of piperidine rings is 1. The first-order chi connectivity index (χ1) is 14.3. The van der Waals surface area contributed by atoms with Crippen LogP contribution in [-0.4, -0.2) is 44.1 Å². The maximum Gasteiger partial charge on any atom is 0.191 e. The number of guanidine groups is 1. The van der Waals surface area contributed by atoms with Crippen LogP contribution in [0.4, 0.5) is 0 Å². The van der Waals surface area contributed by atoms with E-state index in [9.17, 15) is 0 Å². The van der Waals surface area contributed by atoms with Gasteiger partial charge in [0.25, 0.3) is 0 Å². The summed E-state index contributed by atoms with van der Waals surface area (Å²) in [5.74, 6) is 1.85. The van der Waals surface area contributed by atoms with Gasteiger partial charge in [0.1, 0.15) is 5.76 Å². The van der Waals surface area contributed by atoms with E-state index in [1.54, 1.807) is 13.4 Å². The molecule has 2 heterocycles. The number of nitrogens with one attached hydrogen (secondary N) is 2. The fourth-order valence-electron chi connectivity index (χ4n) is 3.81. The molecule has 0 spiro atoms. The minimum absolute atomic E-state index is 0.221. The minimum atomic E-state index is 0.221. The zero-order valence-electron chi connectivity index (χ0n) is 17.7. The highest BCUT2D eigenvalue weighted by Crippen LogP contribution is 2.24. The lowest BCUT2D eigenvalue weighted by atomic mass is 10.1. The van der Waals surface area contributed by atoms with Gasteiger partial charge < -0.3 is 19.8 Å². The Morgan fingerprint density at radius 1 is 1.14 bits per heavy atom. The topological polar surface area (TPSA) is 62.0 Å². The summed E-state index contributed by atoms with van der Waals surface area (Å²) in [7, 11) is 1.72. The summed E-state index contributed by atoms with van der Waals surface area (Å²) in [6.07, 6.45) is 5.59. The van der Waals surface area contributed by atoms with E-state index in [1.165, 1.54) is 30.4 Å². The maximum atomic E-state index is 5.75. The van der Waals surface area contributed by atoms with Gasteiger partial charge in [0.15, 0.2) is 5.96 Å². The Labute approximate surface area is 174 Å². The summed E-state index contributed by atoms with van der Waals surface area (Å²) in [6, 6.07) is 12.7. The summed E-state index contributed by atoms with van der Waals surface area (Å²) >= 11 is 0. The number of nitrogens with zero attached hydrogens (tertiary/aromatic N) is 2. The van der Waals surface area contributed by atoms with Gasteiger partial charge in [-0.3, -0.25) is 4.90 Å². The number of rotatable bonds is 9. The summed E-state index contributed by atoms with van der Waals surface area (Å²) < 4.78 is 11.0. The van der Waals surface area contributed by atoms with Crippen LogP contribution in [0.3, 0.4) is 0 Å². The van der Waals surface area contributed by atoms with Crippen LogP contribution in [0.15, 0.2) is 52.1 Å². The Hall–Kier alpha value is -2.31. The molecule has 6 nitrogen and oxygen atoms in total. The van der Waals surface area contributed by atoms with Crippen LogP contribution in [0.25, 0.3) is 0 Å². The van der Waals surface area contributed by atoms with Crippen molar-refractivity contribution in [3.63, 3.8) is 0 Å². The Balaban J connectivity index is 1.64. The molecule has 1 aromatic carbocycles. The van der Waals surface area contributed by atoms with Crippen LogP contribution in [0, 0.1) is 0 Å². The van der Waals surface area contributed by atoms with Crippen molar-refractivity contribution in [2.45, 2.75) is 45.4 Å². The highest BCUT2D eigenvalue weighted by atomic mass is 16.5. The third kappa shape index (κ3) is 6.61. The van der Waals surface area contributed by atoms with E-state index >= 15 is 0 Å². The third-order valence-electron chi connectivity index (χ3n) is 5.23. The second-order valence-electron chi connectivity index (χ2n) is 7.46. The molecule has 1 fully saturated rings. The Kier molecular flexibility index (Phi) is 8.58. The molecule has 0 saturated carbocycles. The van der Waals surface area contributed by atoms with Gasteiger partial charge in [0.05, 0.1) is 25.5 Å². The molecule has 158 valence electrons. The molecule has 29 heavy (non-hydrogen) atoms. The Morgan fingerprint density at radius 2 is 1.97 bits per heavy atom. The lowest BCUT2D eigenvalue weighted by Gasteiger charge is -2.33. The lowest BCUT2D eigenvalue weighted by molar-refractivity contribution is 0.146. The van der Waals surface area contributed by atoms with Crippen molar-refractivity contribution < 1.29 is 9.15 Å². The van der Waals surface area contributed by atoms with Gasteiger partial charge >= 0.3 is 0 Å². The van der Waals surface area contributed by atoms with Crippen molar-refractivity contribution in [2.75, 3.05) is 33.3 Å². The second-order valence-corrected chi connectivity index (χ2v) is 7.46. The van der Waals surface area contributed by atoms with Crippen molar-refractivity contribution in [3.05, 3.63) is 59.5 Å². The van der Waals surface area contributed by atoms with Gasteiger partial charge in [-0.25, -0.2) is 4.99 Å². The van der Waals surface area contributed by atoms with Gasteiger partial charge in [0, 0.05) is 20.2 Å². The molecule has 0 aliphatic carbocycles. The number of benzene rings is 1. The predicted octanol–water partition coefficient (Wildman–Crippen LogP) is 3.71. The number of methoxy groups -OCH3 is 1. The van der Waals surface area contributed by atoms with Gasteiger partial charge in [-0.15, -0.1) is 0 Å². The number of aliphatic imine (C=N–C) groups is 1. The van der Waals surface area contributed by atoms with Crippen LogP contribution in [0.2, 0.25) is 0 Å². The molecule has 6 heteroatoms. The van der Waals surface area contributed by atoms with Crippen molar-refractivity contribution in [1.82, 2.24) is 15.5 Å². The largest absolute Gasteiger partial charge is 0.468 e. The van der Waals surface area contributed by atoms with E-state index in [0.29, 0.717) is 13.2 Å². The average molecular weight is 399 g/mol. The smallest absolute Gasteiger partial charge is 0.191 e. The number of furan rings is 1. The molecule has 0 amide bonds. The SMILES string of the molecule is CCNC(=NCc1cccc(COC)c1)NCC(c1ccco1)N1CCCCC1. The molecular formula is C23H34N4O2. The first-order valence-corrected chi connectivity index (χ1v) is 10.7. The molecule has 1 unspecified atom stereocenters. The summed E-state index contributed by atoms with van der Waals surface area (Å²) in [4.78, 5) is 7.31. The minimum Gasteiger partial charge on any atom is -0.468 e. The average Bonchev–Trinajstić information content (AvgIpc) is 3.28. The summed E-state index contributed by atoms with van der Waals surface area (Å²) in [5.41, 5.74) is 2.34. The number of likely N-dealkylation sites (tertiary alicyclic amines) is 1. The molecule has 2 N–H and O–H groups in total. The highest BCUT2D eigenvalue weighted by molar-refractivity contribution is 5.79. The van der Waals surface area contributed by atoms with Crippen LogP contribution in [-0.2, 0) is 17.9 Å². The first kappa shape index (κ1) is 21.4. The first-order valence-electron chi connectivity index (χ1n) is 10.7. The van der Waals surface area contributed by atoms with Crippen molar-refractivity contribution in [3.8, 4) is 0 Å². The normalized spacial score (nSPS) is 16.6. The van der Waals surface area contributed by atoms with Gasteiger partial charge in [-0.1, -0.05) is 30.7 Å². The molecule has 1 aliphatic heterocycles. The van der Waals surface area contributed by atoms with Crippen LogP contribution in [0.1, 0.15) is 49.1 Å². The Morgan fingerprint density at radius 3 is 2.69 bits per heavy atom. The van der Waals surface area contributed by atoms with Crippen molar-refractivity contribution in [1.29, 1.82) is 0 Å². The Bertz CT molecular complexity index is 739. The third-order valence-corrected chi connectivity index (χ3v) is 5.23. The van der Waals surface area contributed by atoms with Gasteiger partial charge in [-0.05, 0) is 56.1 Å². The van der Waals surface area contributed by atoms with E-state index in [4.69, 9.17) is 14.1 Å². The second kappa shape index (κ2) is 11.6. The fraction of sp³-hybridized carbons (Fsp3) is 0.522. The van der Waals surface area contributed by atoms with E-state index in [0.717, 1.165) is 37.9 Å². The summed E-state index contributed by atoms with van der Waals surface area (Å²) in [5, 5.41) is 6.89. The van der Waals surface area contributed by atoms with E-state index in [2.05, 4.69) is 52.8 Å². The molecule has 0 radical (unpaired) electrons. The molecule has 1 aliphatic rings. The van der Waals surface area contributed by atoms with Gasteiger partial charge in [0.2, 0.25) is 0 Å². The van der Waals surface area contributed by atoms with E-state index < -0.39 is 0 Å². The number of ether oxygens (including phenoxy) is 1. The monoisotopic (exact) mass is 398 g/mol. The zero-order chi connectivity index (χ0) is 20.3. The van der Waals surface area contributed by atoms with Crippen LogP contribution >= 0.6 is 0 Å². The van der Waals surface area contributed by atoms with Gasteiger partial charge in [-0.2, -0.15) is 0 Å². The molecule has 3 rings (SSSR count).